The van der Waals surface area contributed by atoms with Crippen molar-refractivity contribution in [1.82, 2.24) is 10.3 Å². The summed E-state index contributed by atoms with van der Waals surface area (Å²) in [5, 5.41) is 16.9. The van der Waals surface area contributed by atoms with Gasteiger partial charge in [-0.15, -0.1) is 11.3 Å². The molecule has 0 radical (unpaired) electrons. The number of amides is 2. The van der Waals surface area contributed by atoms with Crippen molar-refractivity contribution < 1.29 is 9.59 Å². The number of hydrogen-bond acceptors (Lipinski definition) is 5. The van der Waals surface area contributed by atoms with Gasteiger partial charge in [0.2, 0.25) is 0 Å². The highest BCUT2D eigenvalue weighted by molar-refractivity contribution is 7.13. The zero-order valence-corrected chi connectivity index (χ0v) is 16.0. The standard InChI is InChI=1S/C21H18N4O2S/c1-14-6-8-15(9-7-14)21-24-17(13-28-21)10-11-23-19(26)20(27)25-18-5-3-2-4-16(18)12-22/h2-9,13H,10-11H2,1H3,(H,23,26)(H,25,27). The minimum Gasteiger partial charge on any atom is -0.347 e. The lowest BCUT2D eigenvalue weighted by atomic mass is 10.2. The molecule has 0 bridgehead atoms. The molecule has 3 aromatic rings. The van der Waals surface area contributed by atoms with Crippen LogP contribution in [-0.4, -0.2) is 23.3 Å². The maximum atomic E-state index is 12.0. The van der Waals surface area contributed by atoms with E-state index in [0.29, 0.717) is 24.2 Å². The van der Waals surface area contributed by atoms with Crippen LogP contribution in [0.5, 0.6) is 0 Å². The smallest absolute Gasteiger partial charge is 0.313 e. The van der Waals surface area contributed by atoms with Crippen LogP contribution in [0.3, 0.4) is 0 Å². The number of carbonyl (C=O) groups excluding carboxylic acids is 2. The molecule has 2 amide bonds. The minimum absolute atomic E-state index is 0.295. The van der Waals surface area contributed by atoms with Crippen LogP contribution in [-0.2, 0) is 16.0 Å². The van der Waals surface area contributed by atoms with E-state index in [1.807, 2.05) is 42.6 Å². The Kier molecular flexibility index (Phi) is 6.14. The Labute approximate surface area is 166 Å². The first-order valence-electron chi connectivity index (χ1n) is 8.66. The van der Waals surface area contributed by atoms with Gasteiger partial charge in [0, 0.05) is 23.9 Å². The van der Waals surface area contributed by atoms with E-state index in [2.05, 4.69) is 15.6 Å². The van der Waals surface area contributed by atoms with E-state index < -0.39 is 11.8 Å². The zero-order chi connectivity index (χ0) is 19.9. The van der Waals surface area contributed by atoms with Gasteiger partial charge in [0.05, 0.1) is 16.9 Å². The molecule has 0 aliphatic carbocycles. The quantitative estimate of drug-likeness (QED) is 0.654. The van der Waals surface area contributed by atoms with Gasteiger partial charge in [-0.1, -0.05) is 42.0 Å². The van der Waals surface area contributed by atoms with Gasteiger partial charge in [0.25, 0.3) is 0 Å². The van der Waals surface area contributed by atoms with Crippen molar-refractivity contribution in [3.05, 3.63) is 70.7 Å². The van der Waals surface area contributed by atoms with Crippen LogP contribution in [0.1, 0.15) is 16.8 Å². The number of nitrogens with zero attached hydrogens (tertiary/aromatic N) is 2. The van der Waals surface area contributed by atoms with Crippen LogP contribution in [0.2, 0.25) is 0 Å². The lowest BCUT2D eigenvalue weighted by molar-refractivity contribution is -0.136. The van der Waals surface area contributed by atoms with Crippen molar-refractivity contribution in [2.24, 2.45) is 0 Å². The Hall–Kier alpha value is -3.50. The molecule has 0 aliphatic heterocycles. The summed E-state index contributed by atoms with van der Waals surface area (Å²) in [6, 6.07) is 16.6. The normalized spacial score (nSPS) is 10.1. The molecule has 0 unspecified atom stereocenters. The Bertz CT molecular complexity index is 1040. The highest BCUT2D eigenvalue weighted by Crippen LogP contribution is 2.24. The van der Waals surface area contributed by atoms with Crippen LogP contribution < -0.4 is 10.6 Å². The summed E-state index contributed by atoms with van der Waals surface area (Å²) in [5.41, 5.74) is 3.72. The van der Waals surface area contributed by atoms with E-state index in [1.54, 1.807) is 35.6 Å². The third-order valence-electron chi connectivity index (χ3n) is 4.02. The summed E-state index contributed by atoms with van der Waals surface area (Å²) >= 11 is 1.55. The summed E-state index contributed by atoms with van der Waals surface area (Å²) in [7, 11) is 0. The number of carbonyl (C=O) groups is 2. The van der Waals surface area contributed by atoms with Gasteiger partial charge in [-0.25, -0.2) is 4.98 Å². The maximum absolute atomic E-state index is 12.0. The number of hydrogen-bond donors (Lipinski definition) is 2. The Morgan fingerprint density at radius 3 is 2.61 bits per heavy atom. The lowest BCUT2D eigenvalue weighted by Crippen LogP contribution is -2.36. The molecular formula is C21H18N4O2S. The number of thiazole rings is 1. The highest BCUT2D eigenvalue weighted by Gasteiger charge is 2.15. The molecule has 0 saturated carbocycles. The average Bonchev–Trinajstić information content (AvgIpc) is 3.17. The number of aryl methyl sites for hydroxylation is 1. The van der Waals surface area contributed by atoms with Gasteiger partial charge >= 0.3 is 11.8 Å². The minimum atomic E-state index is -0.804. The molecule has 0 fully saturated rings. The summed E-state index contributed by atoms with van der Waals surface area (Å²) in [6.07, 6.45) is 0.524. The predicted octanol–water partition coefficient (Wildman–Crippen LogP) is 3.29. The molecule has 3 rings (SSSR count). The van der Waals surface area contributed by atoms with Crippen LogP contribution in [0, 0.1) is 18.3 Å². The molecule has 140 valence electrons. The first-order chi connectivity index (χ1) is 13.6. The fraction of sp³-hybridized carbons (Fsp3) is 0.143. The third kappa shape index (κ3) is 4.81. The van der Waals surface area contributed by atoms with Crippen molar-refractivity contribution in [3.63, 3.8) is 0 Å². The zero-order valence-electron chi connectivity index (χ0n) is 15.2. The van der Waals surface area contributed by atoms with Gasteiger partial charge < -0.3 is 10.6 Å². The highest BCUT2D eigenvalue weighted by atomic mass is 32.1. The largest absolute Gasteiger partial charge is 0.347 e. The second-order valence-corrected chi connectivity index (χ2v) is 6.99. The van der Waals surface area contributed by atoms with E-state index in [0.717, 1.165) is 16.3 Å². The summed E-state index contributed by atoms with van der Waals surface area (Å²) < 4.78 is 0. The Balaban J connectivity index is 1.51. The first kappa shape index (κ1) is 19.3. The van der Waals surface area contributed by atoms with E-state index in [9.17, 15) is 9.59 Å². The molecule has 1 aromatic heterocycles. The van der Waals surface area contributed by atoms with Gasteiger partial charge in [-0.2, -0.15) is 5.26 Å². The van der Waals surface area contributed by atoms with Gasteiger partial charge in [0.1, 0.15) is 11.1 Å². The van der Waals surface area contributed by atoms with Gasteiger partial charge in [-0.05, 0) is 19.1 Å². The van der Waals surface area contributed by atoms with Crippen molar-refractivity contribution in [1.29, 1.82) is 5.26 Å². The topological polar surface area (TPSA) is 94.9 Å². The summed E-state index contributed by atoms with van der Waals surface area (Å²) in [4.78, 5) is 28.5. The number of anilines is 1. The summed E-state index contributed by atoms with van der Waals surface area (Å²) in [6.45, 7) is 2.33. The molecule has 0 spiro atoms. The first-order valence-corrected chi connectivity index (χ1v) is 9.54. The number of aromatic nitrogens is 1. The molecule has 0 aliphatic rings. The van der Waals surface area contributed by atoms with E-state index in [1.165, 1.54) is 5.56 Å². The number of rotatable bonds is 5. The monoisotopic (exact) mass is 390 g/mol. The molecule has 0 atom stereocenters. The van der Waals surface area contributed by atoms with Gasteiger partial charge in [-0.3, -0.25) is 9.59 Å². The van der Waals surface area contributed by atoms with Crippen molar-refractivity contribution >= 4 is 28.8 Å². The van der Waals surface area contributed by atoms with Crippen molar-refractivity contribution in [2.75, 3.05) is 11.9 Å². The van der Waals surface area contributed by atoms with Crippen LogP contribution in [0.15, 0.2) is 53.9 Å². The van der Waals surface area contributed by atoms with Gasteiger partial charge in [0.15, 0.2) is 0 Å². The second-order valence-electron chi connectivity index (χ2n) is 6.13. The van der Waals surface area contributed by atoms with Crippen molar-refractivity contribution in [3.8, 4) is 16.6 Å². The lowest BCUT2D eigenvalue weighted by Gasteiger charge is -2.07. The SMILES string of the molecule is Cc1ccc(-c2nc(CCNC(=O)C(=O)Nc3ccccc3C#N)cs2)cc1. The summed E-state index contributed by atoms with van der Waals surface area (Å²) in [5.74, 6) is -1.55. The molecule has 7 heteroatoms. The van der Waals surface area contributed by atoms with Crippen LogP contribution >= 0.6 is 11.3 Å². The van der Waals surface area contributed by atoms with Crippen LogP contribution in [0.4, 0.5) is 5.69 Å². The molecule has 6 nitrogen and oxygen atoms in total. The van der Waals surface area contributed by atoms with Crippen molar-refractivity contribution in [2.45, 2.75) is 13.3 Å². The average molecular weight is 390 g/mol. The predicted molar refractivity (Wildman–Crippen MR) is 109 cm³/mol. The van der Waals surface area contributed by atoms with Crippen LogP contribution in [0.25, 0.3) is 10.6 Å². The maximum Gasteiger partial charge on any atom is 0.313 e. The molecular weight excluding hydrogens is 372 g/mol. The third-order valence-corrected chi connectivity index (χ3v) is 4.96. The molecule has 28 heavy (non-hydrogen) atoms. The molecule has 2 N–H and O–H groups in total. The fourth-order valence-electron chi connectivity index (χ4n) is 2.50. The van der Waals surface area contributed by atoms with E-state index in [-0.39, 0.29) is 0 Å². The molecule has 2 aromatic carbocycles. The molecule has 0 saturated heterocycles. The number of para-hydroxylation sites is 1. The number of benzene rings is 2. The van der Waals surface area contributed by atoms with E-state index >= 15 is 0 Å². The molecule has 1 heterocycles. The Morgan fingerprint density at radius 2 is 1.86 bits per heavy atom. The number of nitrogens with one attached hydrogen (secondary N) is 2. The second kappa shape index (κ2) is 8.93. The fourth-order valence-corrected chi connectivity index (χ4v) is 3.36. The number of nitriles is 1. The Morgan fingerprint density at radius 1 is 1.11 bits per heavy atom. The van der Waals surface area contributed by atoms with E-state index in [4.69, 9.17) is 5.26 Å².